The number of ether oxygens (including phenoxy) is 2. The van der Waals surface area contributed by atoms with Crippen LogP contribution in [-0.2, 0) is 9.47 Å². The van der Waals surface area contributed by atoms with Crippen molar-refractivity contribution in [2.24, 2.45) is 5.92 Å². The van der Waals surface area contributed by atoms with E-state index in [1.54, 1.807) is 7.11 Å². The van der Waals surface area contributed by atoms with Crippen LogP contribution >= 0.6 is 0 Å². The van der Waals surface area contributed by atoms with Gasteiger partial charge in [-0.2, -0.15) is 0 Å². The molecule has 1 aliphatic carbocycles. The Labute approximate surface area is 105 Å². The van der Waals surface area contributed by atoms with Crippen molar-refractivity contribution in [3.8, 4) is 0 Å². The van der Waals surface area contributed by atoms with Crippen molar-refractivity contribution in [3.05, 3.63) is 12.2 Å². The molecule has 0 bridgehead atoms. The fourth-order valence-corrected chi connectivity index (χ4v) is 2.79. The molecule has 3 nitrogen and oxygen atoms in total. The maximum atomic E-state index is 5.62. The van der Waals surface area contributed by atoms with Crippen molar-refractivity contribution in [1.82, 2.24) is 4.90 Å². The maximum Gasteiger partial charge on any atom is 0.0700 e. The van der Waals surface area contributed by atoms with E-state index in [0.717, 1.165) is 19.1 Å². The summed E-state index contributed by atoms with van der Waals surface area (Å²) in [6.07, 6.45) is 10.00. The molecule has 3 heteroatoms. The van der Waals surface area contributed by atoms with Crippen molar-refractivity contribution in [2.75, 3.05) is 40.0 Å². The largest absolute Gasteiger partial charge is 0.382 e. The first-order chi connectivity index (χ1) is 8.40. The molecule has 1 fully saturated rings. The number of rotatable bonds is 6. The van der Waals surface area contributed by atoms with E-state index in [1.807, 2.05) is 0 Å². The van der Waals surface area contributed by atoms with E-state index in [0.29, 0.717) is 12.6 Å². The van der Waals surface area contributed by atoms with Gasteiger partial charge >= 0.3 is 0 Å². The first-order valence-corrected chi connectivity index (χ1v) is 6.87. The zero-order valence-corrected chi connectivity index (χ0v) is 10.9. The summed E-state index contributed by atoms with van der Waals surface area (Å²) in [5.41, 5.74) is 0. The van der Waals surface area contributed by atoms with Crippen LogP contribution in [0.5, 0.6) is 0 Å². The Morgan fingerprint density at radius 1 is 1.29 bits per heavy atom. The fourth-order valence-electron chi connectivity index (χ4n) is 2.79. The van der Waals surface area contributed by atoms with E-state index < -0.39 is 0 Å². The summed E-state index contributed by atoms with van der Waals surface area (Å²) in [6.45, 7) is 4.80. The summed E-state index contributed by atoms with van der Waals surface area (Å²) in [5, 5.41) is 0. The predicted molar refractivity (Wildman–Crippen MR) is 69.2 cm³/mol. The molecule has 0 N–H and O–H groups in total. The molecule has 1 heterocycles. The van der Waals surface area contributed by atoms with E-state index in [4.69, 9.17) is 9.47 Å². The number of methoxy groups -OCH3 is 1. The van der Waals surface area contributed by atoms with Crippen LogP contribution in [0.4, 0.5) is 0 Å². The van der Waals surface area contributed by atoms with Crippen molar-refractivity contribution in [3.63, 3.8) is 0 Å². The van der Waals surface area contributed by atoms with Gasteiger partial charge in [0.1, 0.15) is 0 Å². The molecule has 2 aliphatic rings. The quantitative estimate of drug-likeness (QED) is 0.523. The molecule has 0 aromatic heterocycles. The van der Waals surface area contributed by atoms with Crippen molar-refractivity contribution in [1.29, 1.82) is 0 Å². The average molecular weight is 239 g/mol. The second kappa shape index (κ2) is 7.14. The van der Waals surface area contributed by atoms with Crippen LogP contribution < -0.4 is 0 Å². The van der Waals surface area contributed by atoms with Crippen LogP contribution in [-0.4, -0.2) is 51.0 Å². The minimum absolute atomic E-state index is 0.702. The number of hydrogen-bond donors (Lipinski definition) is 0. The normalized spacial score (nSPS) is 29.9. The lowest BCUT2D eigenvalue weighted by molar-refractivity contribution is 0.0520. The molecule has 2 unspecified atom stereocenters. The molecular weight excluding hydrogens is 214 g/mol. The highest BCUT2D eigenvalue weighted by atomic mass is 16.5. The van der Waals surface area contributed by atoms with Crippen molar-refractivity contribution < 1.29 is 9.47 Å². The van der Waals surface area contributed by atoms with Crippen molar-refractivity contribution >= 4 is 0 Å². The van der Waals surface area contributed by atoms with Crippen LogP contribution in [0.1, 0.15) is 25.7 Å². The summed E-state index contributed by atoms with van der Waals surface area (Å²) >= 11 is 0. The van der Waals surface area contributed by atoms with E-state index in [-0.39, 0.29) is 0 Å². The Bertz CT molecular complexity index is 242. The van der Waals surface area contributed by atoms with Gasteiger partial charge in [0.2, 0.25) is 0 Å². The van der Waals surface area contributed by atoms with Crippen LogP contribution in [0.3, 0.4) is 0 Å². The fraction of sp³-hybridized carbons (Fsp3) is 0.857. The van der Waals surface area contributed by atoms with Crippen LogP contribution in [0.2, 0.25) is 0 Å². The topological polar surface area (TPSA) is 21.7 Å². The number of hydrogen-bond acceptors (Lipinski definition) is 3. The Hall–Kier alpha value is -0.380. The highest BCUT2D eigenvalue weighted by Gasteiger charge is 2.27. The molecule has 0 amide bonds. The summed E-state index contributed by atoms with van der Waals surface area (Å²) in [4.78, 5) is 2.63. The molecule has 2 atom stereocenters. The first-order valence-electron chi connectivity index (χ1n) is 6.87. The Morgan fingerprint density at radius 2 is 2.24 bits per heavy atom. The lowest BCUT2D eigenvalue weighted by atomic mass is 10.0. The number of nitrogens with zero attached hydrogens (tertiary/aromatic N) is 1. The lowest BCUT2D eigenvalue weighted by Crippen LogP contribution is -2.33. The first kappa shape index (κ1) is 13.1. The Morgan fingerprint density at radius 3 is 3.00 bits per heavy atom. The standard InChI is InChI=1S/C14H25NO2/c1-16-9-10-17-12-13-7-8-15(11-13)14-5-3-2-4-6-14/h3,5,13-14H,2,4,6-12H2,1H3. The van der Waals surface area contributed by atoms with Gasteiger partial charge in [0.05, 0.1) is 19.8 Å². The predicted octanol–water partition coefficient (Wildman–Crippen LogP) is 2.08. The molecule has 0 aromatic rings. The smallest absolute Gasteiger partial charge is 0.0700 e. The third-order valence-corrected chi connectivity index (χ3v) is 3.80. The number of allylic oxidation sites excluding steroid dienone is 1. The number of likely N-dealkylation sites (tertiary alicyclic amines) is 1. The molecule has 2 rings (SSSR count). The molecule has 0 saturated carbocycles. The minimum atomic E-state index is 0.702. The highest BCUT2D eigenvalue weighted by molar-refractivity contribution is 5.00. The van der Waals surface area contributed by atoms with Gasteiger partial charge in [0, 0.05) is 19.7 Å². The molecule has 98 valence electrons. The van der Waals surface area contributed by atoms with E-state index >= 15 is 0 Å². The molecule has 0 radical (unpaired) electrons. The second-order valence-electron chi connectivity index (χ2n) is 5.14. The molecule has 1 saturated heterocycles. The molecule has 1 aliphatic heterocycles. The monoisotopic (exact) mass is 239 g/mol. The maximum absolute atomic E-state index is 5.62. The van der Waals surface area contributed by atoms with Gasteiger partial charge in [-0.15, -0.1) is 0 Å². The van der Waals surface area contributed by atoms with E-state index in [9.17, 15) is 0 Å². The van der Waals surface area contributed by atoms with Crippen molar-refractivity contribution in [2.45, 2.75) is 31.7 Å². The highest BCUT2D eigenvalue weighted by Crippen LogP contribution is 2.24. The van der Waals surface area contributed by atoms with Gasteiger partial charge in [-0.25, -0.2) is 0 Å². The minimum Gasteiger partial charge on any atom is -0.382 e. The third kappa shape index (κ3) is 4.09. The van der Waals surface area contributed by atoms with Gasteiger partial charge < -0.3 is 9.47 Å². The van der Waals surface area contributed by atoms with E-state index in [1.165, 1.54) is 38.8 Å². The second-order valence-corrected chi connectivity index (χ2v) is 5.14. The van der Waals surface area contributed by atoms with Gasteiger partial charge in [-0.05, 0) is 38.1 Å². The van der Waals surface area contributed by atoms with Crippen LogP contribution in [0.25, 0.3) is 0 Å². The SMILES string of the molecule is COCCOCC1CCN(C2C=CCCC2)C1. The van der Waals surface area contributed by atoms with Gasteiger partial charge in [0.15, 0.2) is 0 Å². The zero-order valence-electron chi connectivity index (χ0n) is 10.9. The average Bonchev–Trinajstić information content (AvgIpc) is 2.85. The Balaban J connectivity index is 1.64. The van der Waals surface area contributed by atoms with Crippen LogP contribution in [0.15, 0.2) is 12.2 Å². The molecule has 17 heavy (non-hydrogen) atoms. The Kier molecular flexibility index (Phi) is 5.49. The molecule has 0 aromatic carbocycles. The summed E-state index contributed by atoms with van der Waals surface area (Å²) in [7, 11) is 1.72. The lowest BCUT2D eigenvalue weighted by Gasteiger charge is -2.27. The zero-order chi connectivity index (χ0) is 11.9. The molecular formula is C14H25NO2. The summed E-state index contributed by atoms with van der Waals surface area (Å²) in [5.74, 6) is 0.724. The third-order valence-electron chi connectivity index (χ3n) is 3.80. The molecule has 0 spiro atoms. The van der Waals surface area contributed by atoms with E-state index in [2.05, 4.69) is 17.1 Å². The summed E-state index contributed by atoms with van der Waals surface area (Å²) in [6, 6.07) is 0.702. The summed E-state index contributed by atoms with van der Waals surface area (Å²) < 4.78 is 10.6. The van der Waals surface area contributed by atoms with Crippen LogP contribution in [0, 0.1) is 5.92 Å². The van der Waals surface area contributed by atoms with Gasteiger partial charge in [0.25, 0.3) is 0 Å². The van der Waals surface area contributed by atoms with Gasteiger partial charge in [-0.3, -0.25) is 4.90 Å². The van der Waals surface area contributed by atoms with Gasteiger partial charge in [-0.1, -0.05) is 12.2 Å².